The van der Waals surface area contributed by atoms with Gasteiger partial charge < -0.3 is 9.47 Å². The molecule has 2 aliphatic heterocycles. The molecule has 0 aromatic carbocycles. The molecule has 2 heterocycles. The summed E-state index contributed by atoms with van der Waals surface area (Å²) in [6.45, 7) is 2.97. The second-order valence-corrected chi connectivity index (χ2v) is 4.30. The predicted molar refractivity (Wildman–Crippen MR) is 51.8 cm³/mol. The fraction of sp³-hybridized carbons (Fsp3) is 1.00. The van der Waals surface area contributed by atoms with Crippen LogP contribution in [0.15, 0.2) is 0 Å². The Kier molecular flexibility index (Phi) is 3.62. The maximum absolute atomic E-state index is 5.70. The third-order valence-corrected chi connectivity index (χ3v) is 3.19. The van der Waals surface area contributed by atoms with Crippen molar-refractivity contribution in [1.29, 1.82) is 0 Å². The van der Waals surface area contributed by atoms with Crippen LogP contribution >= 0.6 is 0 Å². The Labute approximate surface area is 80.6 Å². The molecule has 0 N–H and O–H groups in total. The second-order valence-electron chi connectivity index (χ2n) is 4.30. The van der Waals surface area contributed by atoms with Crippen molar-refractivity contribution in [3.8, 4) is 0 Å². The second kappa shape index (κ2) is 4.97. The van der Waals surface area contributed by atoms with Crippen LogP contribution in [-0.2, 0) is 9.47 Å². The van der Waals surface area contributed by atoms with Crippen LogP contribution in [-0.4, -0.2) is 25.9 Å². The van der Waals surface area contributed by atoms with Gasteiger partial charge in [-0.3, -0.25) is 0 Å². The van der Waals surface area contributed by atoms with Crippen molar-refractivity contribution in [2.75, 3.05) is 19.8 Å². The van der Waals surface area contributed by atoms with Gasteiger partial charge in [-0.25, -0.2) is 0 Å². The van der Waals surface area contributed by atoms with Crippen LogP contribution in [0.2, 0.25) is 0 Å². The third-order valence-electron chi connectivity index (χ3n) is 3.19. The molecule has 0 spiro atoms. The molecular weight excluding hydrogens is 164 g/mol. The van der Waals surface area contributed by atoms with Crippen LogP contribution in [0.25, 0.3) is 0 Å². The van der Waals surface area contributed by atoms with Crippen LogP contribution < -0.4 is 0 Å². The van der Waals surface area contributed by atoms with Crippen molar-refractivity contribution in [2.24, 2.45) is 5.92 Å². The highest BCUT2D eigenvalue weighted by Crippen LogP contribution is 2.23. The molecule has 0 aromatic rings. The Bertz CT molecular complexity index is 135. The van der Waals surface area contributed by atoms with Gasteiger partial charge in [-0.1, -0.05) is 0 Å². The summed E-state index contributed by atoms with van der Waals surface area (Å²) in [5, 5.41) is 0. The van der Waals surface area contributed by atoms with Crippen molar-refractivity contribution >= 4 is 0 Å². The quantitative estimate of drug-likeness (QED) is 0.670. The normalized spacial score (nSPS) is 35.1. The van der Waals surface area contributed by atoms with Gasteiger partial charge in [0.15, 0.2) is 0 Å². The number of ether oxygens (including phenoxy) is 2. The molecule has 2 atom stereocenters. The minimum atomic E-state index is 0.564. The van der Waals surface area contributed by atoms with Gasteiger partial charge in [-0.15, -0.1) is 0 Å². The molecule has 2 fully saturated rings. The van der Waals surface area contributed by atoms with Crippen LogP contribution in [0.4, 0.5) is 0 Å². The van der Waals surface area contributed by atoms with E-state index in [-0.39, 0.29) is 0 Å². The van der Waals surface area contributed by atoms with Gasteiger partial charge in [-0.05, 0) is 44.4 Å². The SMILES string of the molecule is C1CCC(CCC2CCOC2)OC1. The maximum atomic E-state index is 5.70. The standard InChI is InChI=1S/C11H20O2/c1-2-7-13-11(3-1)5-4-10-6-8-12-9-10/h10-11H,1-9H2. The van der Waals surface area contributed by atoms with Crippen LogP contribution in [0.3, 0.4) is 0 Å². The molecule has 2 rings (SSSR count). The lowest BCUT2D eigenvalue weighted by Gasteiger charge is -2.23. The Morgan fingerprint density at radius 2 is 2.00 bits per heavy atom. The van der Waals surface area contributed by atoms with Gasteiger partial charge in [0, 0.05) is 19.8 Å². The van der Waals surface area contributed by atoms with Crippen LogP contribution in [0, 0.1) is 5.92 Å². The van der Waals surface area contributed by atoms with Crippen molar-refractivity contribution in [3.63, 3.8) is 0 Å². The molecule has 2 aliphatic rings. The zero-order valence-electron chi connectivity index (χ0n) is 8.34. The summed E-state index contributed by atoms with van der Waals surface area (Å²) in [6, 6.07) is 0. The monoisotopic (exact) mass is 184 g/mol. The predicted octanol–water partition coefficient (Wildman–Crippen LogP) is 2.37. The minimum Gasteiger partial charge on any atom is -0.381 e. The fourth-order valence-corrected chi connectivity index (χ4v) is 2.27. The lowest BCUT2D eigenvalue weighted by molar-refractivity contribution is 0.00737. The Morgan fingerprint density at radius 1 is 1.00 bits per heavy atom. The zero-order chi connectivity index (χ0) is 8.93. The number of hydrogen-bond donors (Lipinski definition) is 0. The van der Waals surface area contributed by atoms with E-state index in [1.165, 1.54) is 38.5 Å². The van der Waals surface area contributed by atoms with Gasteiger partial charge >= 0.3 is 0 Å². The summed E-state index contributed by atoms with van der Waals surface area (Å²) < 4.78 is 11.1. The maximum Gasteiger partial charge on any atom is 0.0575 e. The highest BCUT2D eigenvalue weighted by atomic mass is 16.5. The van der Waals surface area contributed by atoms with Gasteiger partial charge in [0.1, 0.15) is 0 Å². The van der Waals surface area contributed by atoms with E-state index in [1.807, 2.05) is 0 Å². The first kappa shape index (κ1) is 9.47. The summed E-state index contributed by atoms with van der Waals surface area (Å²) in [5.74, 6) is 0.825. The van der Waals surface area contributed by atoms with E-state index in [0.717, 1.165) is 25.7 Å². The van der Waals surface area contributed by atoms with E-state index in [0.29, 0.717) is 6.10 Å². The van der Waals surface area contributed by atoms with Crippen molar-refractivity contribution < 1.29 is 9.47 Å². The number of rotatable bonds is 3. The first-order valence-corrected chi connectivity index (χ1v) is 5.64. The lowest BCUT2D eigenvalue weighted by Crippen LogP contribution is -2.20. The molecule has 2 heteroatoms. The molecule has 0 amide bonds. The topological polar surface area (TPSA) is 18.5 Å². The van der Waals surface area contributed by atoms with Crippen molar-refractivity contribution in [3.05, 3.63) is 0 Å². The van der Waals surface area contributed by atoms with Crippen LogP contribution in [0.1, 0.15) is 38.5 Å². The van der Waals surface area contributed by atoms with E-state index in [2.05, 4.69) is 0 Å². The van der Waals surface area contributed by atoms with Crippen molar-refractivity contribution in [1.82, 2.24) is 0 Å². The Balaban J connectivity index is 1.60. The molecule has 2 nitrogen and oxygen atoms in total. The largest absolute Gasteiger partial charge is 0.381 e. The number of hydrogen-bond acceptors (Lipinski definition) is 2. The Hall–Kier alpha value is -0.0800. The summed E-state index contributed by atoms with van der Waals surface area (Å²) in [6.07, 6.45) is 8.32. The van der Waals surface area contributed by atoms with Gasteiger partial charge in [0.2, 0.25) is 0 Å². The smallest absolute Gasteiger partial charge is 0.0575 e. The van der Waals surface area contributed by atoms with E-state index in [4.69, 9.17) is 9.47 Å². The molecule has 0 aromatic heterocycles. The molecule has 0 bridgehead atoms. The third kappa shape index (κ3) is 2.96. The van der Waals surface area contributed by atoms with Crippen LogP contribution in [0.5, 0.6) is 0 Å². The summed E-state index contributed by atoms with van der Waals surface area (Å²) >= 11 is 0. The molecule has 0 radical (unpaired) electrons. The summed E-state index contributed by atoms with van der Waals surface area (Å²) in [5.41, 5.74) is 0. The van der Waals surface area contributed by atoms with E-state index < -0.39 is 0 Å². The molecule has 2 saturated heterocycles. The molecular formula is C11H20O2. The molecule has 0 saturated carbocycles. The van der Waals surface area contributed by atoms with Gasteiger partial charge in [0.25, 0.3) is 0 Å². The molecule has 76 valence electrons. The first-order chi connectivity index (χ1) is 6.45. The van der Waals surface area contributed by atoms with Crippen molar-refractivity contribution in [2.45, 2.75) is 44.6 Å². The zero-order valence-corrected chi connectivity index (χ0v) is 8.34. The fourth-order valence-electron chi connectivity index (χ4n) is 2.27. The van der Waals surface area contributed by atoms with Gasteiger partial charge in [0.05, 0.1) is 6.10 Å². The highest BCUT2D eigenvalue weighted by molar-refractivity contribution is 4.69. The molecule has 13 heavy (non-hydrogen) atoms. The average molecular weight is 184 g/mol. The van der Waals surface area contributed by atoms with E-state index in [9.17, 15) is 0 Å². The summed E-state index contributed by atoms with van der Waals surface area (Å²) in [7, 11) is 0. The molecule has 2 unspecified atom stereocenters. The lowest BCUT2D eigenvalue weighted by atomic mass is 9.97. The highest BCUT2D eigenvalue weighted by Gasteiger charge is 2.19. The summed E-state index contributed by atoms with van der Waals surface area (Å²) in [4.78, 5) is 0. The average Bonchev–Trinajstić information content (AvgIpc) is 2.69. The van der Waals surface area contributed by atoms with E-state index >= 15 is 0 Å². The van der Waals surface area contributed by atoms with E-state index in [1.54, 1.807) is 0 Å². The minimum absolute atomic E-state index is 0.564. The Morgan fingerprint density at radius 3 is 2.69 bits per heavy atom. The van der Waals surface area contributed by atoms with Gasteiger partial charge in [-0.2, -0.15) is 0 Å². The molecule has 0 aliphatic carbocycles. The first-order valence-electron chi connectivity index (χ1n) is 5.64.